The van der Waals surface area contributed by atoms with Gasteiger partial charge in [-0.15, -0.1) is 0 Å². The molecule has 0 heterocycles. The van der Waals surface area contributed by atoms with Crippen molar-refractivity contribution < 1.29 is 27.3 Å². The first kappa shape index (κ1) is 25.5. The van der Waals surface area contributed by atoms with Crippen molar-refractivity contribution in [2.45, 2.75) is 58.2 Å². The van der Waals surface area contributed by atoms with E-state index in [1.807, 2.05) is 6.07 Å². The molecular formula is C20H34O6Si3. The molecule has 0 amide bonds. The molecule has 0 bridgehead atoms. The Morgan fingerprint density at radius 2 is 1.45 bits per heavy atom. The molecule has 0 aliphatic rings. The summed E-state index contributed by atoms with van der Waals surface area (Å²) in [6, 6.07) is 8.67. The van der Waals surface area contributed by atoms with Crippen molar-refractivity contribution in [2.75, 3.05) is 6.61 Å². The van der Waals surface area contributed by atoms with E-state index in [-0.39, 0.29) is 12.1 Å². The minimum Gasteiger partial charge on any atom is -0.463 e. The van der Waals surface area contributed by atoms with Gasteiger partial charge in [-0.1, -0.05) is 25.1 Å². The molecule has 162 valence electrons. The minimum absolute atomic E-state index is 0.216. The number of carbonyl (C=O) groups is 2. The Balaban J connectivity index is 2.46. The third-order valence-electron chi connectivity index (χ3n) is 3.54. The van der Waals surface area contributed by atoms with Gasteiger partial charge in [0, 0.05) is 12.2 Å². The lowest BCUT2D eigenvalue weighted by Crippen LogP contribution is -2.45. The van der Waals surface area contributed by atoms with E-state index in [0.717, 1.165) is 12.2 Å². The lowest BCUT2D eigenvalue weighted by molar-refractivity contribution is -0.138. The predicted molar refractivity (Wildman–Crippen MR) is 122 cm³/mol. The van der Waals surface area contributed by atoms with E-state index >= 15 is 0 Å². The number of carbonyl (C=O) groups excluding carboxylic acids is 2. The maximum Gasteiger partial charge on any atom is 0.336 e. The first-order valence-corrected chi connectivity index (χ1v) is 18.3. The molecule has 0 aromatic heterocycles. The number of ether oxygens (including phenoxy) is 2. The third kappa shape index (κ3) is 12.6. The number of para-hydroxylation sites is 1. The van der Waals surface area contributed by atoms with E-state index in [1.165, 1.54) is 0 Å². The average molecular weight is 455 g/mol. The molecule has 1 aromatic rings. The van der Waals surface area contributed by atoms with E-state index in [1.54, 1.807) is 24.3 Å². The number of rotatable bonds is 11. The third-order valence-corrected chi connectivity index (χ3v) is 12.3. The van der Waals surface area contributed by atoms with E-state index in [2.05, 4.69) is 46.2 Å². The largest absolute Gasteiger partial charge is 0.463 e. The van der Waals surface area contributed by atoms with Gasteiger partial charge in [-0.2, -0.15) is 0 Å². The molecule has 0 radical (unpaired) electrons. The molecule has 0 saturated heterocycles. The lowest BCUT2D eigenvalue weighted by Gasteiger charge is -2.33. The van der Waals surface area contributed by atoms with Crippen LogP contribution >= 0.6 is 0 Å². The number of hydrogen-bond acceptors (Lipinski definition) is 6. The fourth-order valence-electron chi connectivity index (χ4n) is 2.26. The molecule has 1 unspecified atom stereocenters. The molecule has 0 fully saturated rings. The van der Waals surface area contributed by atoms with Crippen LogP contribution in [0.2, 0.25) is 44.8 Å². The summed E-state index contributed by atoms with van der Waals surface area (Å²) in [5, 5.41) is 0. The Bertz CT molecular complexity index is 664. The van der Waals surface area contributed by atoms with Crippen LogP contribution in [0.25, 0.3) is 0 Å². The second-order valence-electron chi connectivity index (χ2n) is 8.83. The first-order chi connectivity index (χ1) is 13.4. The van der Waals surface area contributed by atoms with Crippen LogP contribution in [0, 0.1) is 0 Å². The van der Waals surface area contributed by atoms with Crippen molar-refractivity contribution >= 4 is 37.9 Å². The van der Waals surface area contributed by atoms with Gasteiger partial charge in [0.2, 0.25) is 0 Å². The Morgan fingerprint density at radius 3 is 1.97 bits per heavy atom. The molecule has 1 rings (SSSR count). The normalized spacial score (nSPS) is 13.5. The van der Waals surface area contributed by atoms with Gasteiger partial charge in [0.15, 0.2) is 16.6 Å². The zero-order valence-electron chi connectivity index (χ0n) is 18.6. The van der Waals surface area contributed by atoms with Crippen LogP contribution in [0.15, 0.2) is 42.5 Å². The van der Waals surface area contributed by atoms with Gasteiger partial charge in [0.1, 0.15) is 5.75 Å². The standard InChI is InChI=1S/C20H34O6Si3/c1-17(27(25-28(2,3)4)26-29(5,6)7)15-16-23-19(21)13-14-20(22)24-18-11-9-8-10-12-18/h8-14,17,27H,15-16H2,1-7H3/b14-13+. The average Bonchev–Trinajstić information content (AvgIpc) is 2.58. The molecule has 0 saturated carbocycles. The topological polar surface area (TPSA) is 71.1 Å². The maximum absolute atomic E-state index is 11.9. The Hall–Kier alpha value is -1.53. The van der Waals surface area contributed by atoms with Crippen LogP contribution in [0.1, 0.15) is 13.3 Å². The van der Waals surface area contributed by atoms with Crippen LogP contribution in [-0.2, 0) is 22.6 Å². The van der Waals surface area contributed by atoms with Gasteiger partial charge in [-0.05, 0) is 63.4 Å². The first-order valence-electron chi connectivity index (χ1n) is 9.83. The van der Waals surface area contributed by atoms with Gasteiger partial charge in [0.25, 0.3) is 0 Å². The summed E-state index contributed by atoms with van der Waals surface area (Å²) >= 11 is 0. The van der Waals surface area contributed by atoms with Crippen LogP contribution < -0.4 is 4.74 Å². The van der Waals surface area contributed by atoms with E-state index < -0.39 is 37.9 Å². The summed E-state index contributed by atoms with van der Waals surface area (Å²) in [4.78, 5) is 23.6. The van der Waals surface area contributed by atoms with Crippen molar-refractivity contribution in [2.24, 2.45) is 0 Å². The molecule has 0 N–H and O–H groups in total. The molecule has 6 nitrogen and oxygen atoms in total. The van der Waals surface area contributed by atoms with Gasteiger partial charge >= 0.3 is 21.2 Å². The molecular weight excluding hydrogens is 420 g/mol. The molecule has 1 aromatic carbocycles. The maximum atomic E-state index is 11.9. The van der Waals surface area contributed by atoms with Gasteiger partial charge in [0.05, 0.1) is 6.61 Å². The minimum atomic E-state index is -1.87. The van der Waals surface area contributed by atoms with E-state index in [4.69, 9.17) is 17.7 Å². The molecule has 29 heavy (non-hydrogen) atoms. The van der Waals surface area contributed by atoms with E-state index in [0.29, 0.717) is 12.2 Å². The summed E-state index contributed by atoms with van der Waals surface area (Å²) in [7, 11) is -5.30. The Morgan fingerprint density at radius 1 is 0.931 bits per heavy atom. The zero-order chi connectivity index (χ0) is 22.1. The Labute approximate surface area is 178 Å². The summed E-state index contributed by atoms with van der Waals surface area (Å²) in [6.45, 7) is 15.3. The molecule has 9 heteroatoms. The highest BCUT2D eigenvalue weighted by molar-refractivity contribution is 6.81. The fraction of sp³-hybridized carbons (Fsp3) is 0.500. The second-order valence-corrected chi connectivity index (χ2v) is 21.0. The second kappa shape index (κ2) is 11.6. The molecule has 0 aliphatic carbocycles. The number of benzene rings is 1. The van der Waals surface area contributed by atoms with E-state index in [9.17, 15) is 9.59 Å². The van der Waals surface area contributed by atoms with Crippen LogP contribution in [0.4, 0.5) is 0 Å². The van der Waals surface area contributed by atoms with Crippen molar-refractivity contribution in [1.82, 2.24) is 0 Å². The van der Waals surface area contributed by atoms with Crippen molar-refractivity contribution in [1.29, 1.82) is 0 Å². The smallest absolute Gasteiger partial charge is 0.336 e. The van der Waals surface area contributed by atoms with Gasteiger partial charge in [-0.3, -0.25) is 0 Å². The summed E-state index contributed by atoms with van der Waals surface area (Å²) < 4.78 is 23.0. The molecule has 1 atom stereocenters. The number of hydrogen-bond donors (Lipinski definition) is 0. The Kier molecular flexibility index (Phi) is 10.2. The quantitative estimate of drug-likeness (QED) is 0.214. The monoisotopic (exact) mass is 454 g/mol. The fourth-order valence-corrected chi connectivity index (χ4v) is 10.7. The lowest BCUT2D eigenvalue weighted by atomic mass is 10.3. The molecule has 0 spiro atoms. The highest BCUT2D eigenvalue weighted by Crippen LogP contribution is 2.23. The van der Waals surface area contributed by atoms with Crippen LogP contribution in [0.3, 0.4) is 0 Å². The van der Waals surface area contributed by atoms with Crippen molar-refractivity contribution in [3.8, 4) is 5.75 Å². The summed E-state index contributed by atoms with van der Waals surface area (Å²) in [5.74, 6) is -0.774. The van der Waals surface area contributed by atoms with Crippen LogP contribution in [-0.4, -0.2) is 44.5 Å². The van der Waals surface area contributed by atoms with Crippen molar-refractivity contribution in [3.05, 3.63) is 42.5 Å². The zero-order valence-corrected chi connectivity index (χ0v) is 21.7. The van der Waals surface area contributed by atoms with Gasteiger partial charge in [-0.25, -0.2) is 9.59 Å². The van der Waals surface area contributed by atoms with Crippen molar-refractivity contribution in [3.63, 3.8) is 0 Å². The highest BCUT2D eigenvalue weighted by atomic mass is 28.4. The summed E-state index contributed by atoms with van der Waals surface area (Å²) in [5.41, 5.74) is 0.216. The highest BCUT2D eigenvalue weighted by Gasteiger charge is 2.32. The summed E-state index contributed by atoms with van der Waals surface area (Å²) in [6.07, 6.45) is 2.82. The predicted octanol–water partition coefficient (Wildman–Crippen LogP) is 4.40. The van der Waals surface area contributed by atoms with Gasteiger partial charge < -0.3 is 17.7 Å². The number of esters is 2. The SMILES string of the molecule is CC(CCOC(=O)/C=C/C(=O)Oc1ccccc1)[SiH](O[Si](C)(C)C)O[Si](C)(C)C. The molecule has 0 aliphatic heterocycles. The van der Waals surface area contributed by atoms with Crippen LogP contribution in [0.5, 0.6) is 5.75 Å².